The number of fused-ring (bicyclic) bond motifs is 1. The summed E-state index contributed by atoms with van der Waals surface area (Å²) >= 11 is 3.38. The van der Waals surface area contributed by atoms with Gasteiger partial charge in [-0.2, -0.15) is 0 Å². The summed E-state index contributed by atoms with van der Waals surface area (Å²) in [5, 5.41) is 2.82. The summed E-state index contributed by atoms with van der Waals surface area (Å²) in [7, 11) is 0. The molecule has 0 radical (unpaired) electrons. The number of carbonyl (C=O) groups is 1. The van der Waals surface area contributed by atoms with E-state index in [4.69, 9.17) is 5.73 Å². The summed E-state index contributed by atoms with van der Waals surface area (Å²) in [5.74, 6) is 0.384. The van der Waals surface area contributed by atoms with Crippen molar-refractivity contribution in [1.82, 2.24) is 9.97 Å². The van der Waals surface area contributed by atoms with Gasteiger partial charge < -0.3 is 21.0 Å². The maximum Gasteiger partial charge on any atom is 0.323 e. The Hall–Kier alpha value is -1.60. The third kappa shape index (κ3) is 2.78. The van der Waals surface area contributed by atoms with E-state index in [2.05, 4.69) is 31.2 Å². The fraction of sp³-hybridized carbons (Fsp3) is 0.385. The highest BCUT2D eigenvalue weighted by atomic mass is 79.9. The first-order valence-corrected chi connectivity index (χ1v) is 7.29. The van der Waals surface area contributed by atoms with Crippen LogP contribution in [-0.2, 0) is 4.79 Å². The minimum Gasteiger partial charge on any atom is -0.327 e. The van der Waals surface area contributed by atoms with Crippen molar-refractivity contribution in [3.8, 4) is 0 Å². The molecular weight excluding hydrogens is 324 g/mol. The van der Waals surface area contributed by atoms with Gasteiger partial charge in [-0.25, -0.2) is 4.79 Å². The summed E-state index contributed by atoms with van der Waals surface area (Å²) in [4.78, 5) is 28.5. The van der Waals surface area contributed by atoms with Crippen LogP contribution in [0.4, 0.5) is 5.69 Å². The van der Waals surface area contributed by atoms with E-state index in [0.717, 1.165) is 12.8 Å². The number of aromatic amines is 2. The van der Waals surface area contributed by atoms with Crippen LogP contribution in [0.1, 0.15) is 19.3 Å². The molecule has 1 fully saturated rings. The minimum absolute atomic E-state index is 0.0652. The van der Waals surface area contributed by atoms with Gasteiger partial charge in [-0.05, 0) is 46.8 Å². The lowest BCUT2D eigenvalue weighted by Gasteiger charge is -2.11. The fourth-order valence-corrected chi connectivity index (χ4v) is 2.70. The van der Waals surface area contributed by atoms with Gasteiger partial charge in [-0.15, -0.1) is 0 Å². The lowest BCUT2D eigenvalue weighted by Crippen LogP contribution is -2.28. The van der Waals surface area contributed by atoms with Gasteiger partial charge in [0.25, 0.3) is 0 Å². The normalized spacial score (nSPS) is 16.3. The molecule has 7 heteroatoms. The number of hydrogen-bond acceptors (Lipinski definition) is 3. The third-order valence-electron chi connectivity index (χ3n) is 3.53. The van der Waals surface area contributed by atoms with Crippen molar-refractivity contribution >= 4 is 38.6 Å². The molecule has 1 unspecified atom stereocenters. The molecule has 1 amide bonds. The van der Waals surface area contributed by atoms with E-state index >= 15 is 0 Å². The standard InChI is InChI=1S/C13H15BrN4O2/c14-7-3-10-11(18-13(20)17-10)5-9(7)16-12(19)4-8(15)6-1-2-6/h3,5-6,8H,1-2,4,15H2,(H,16,19)(H2,17,18,20). The SMILES string of the molecule is NC(CC(=O)Nc1cc2[nH]c(=O)[nH]c2cc1Br)C1CC1. The van der Waals surface area contributed by atoms with Crippen molar-refractivity contribution in [2.75, 3.05) is 5.32 Å². The van der Waals surface area contributed by atoms with Crippen LogP contribution in [0.15, 0.2) is 21.4 Å². The highest BCUT2D eigenvalue weighted by Gasteiger charge is 2.29. The van der Waals surface area contributed by atoms with Crippen molar-refractivity contribution in [3.63, 3.8) is 0 Å². The van der Waals surface area contributed by atoms with Gasteiger partial charge >= 0.3 is 5.69 Å². The molecule has 20 heavy (non-hydrogen) atoms. The number of imidazole rings is 1. The summed E-state index contributed by atoms with van der Waals surface area (Å²) in [5.41, 5.74) is 7.64. The molecule has 1 aromatic carbocycles. The molecule has 1 aliphatic rings. The number of H-pyrrole nitrogens is 2. The van der Waals surface area contributed by atoms with Crippen LogP contribution in [0.5, 0.6) is 0 Å². The second kappa shape index (κ2) is 5.06. The van der Waals surface area contributed by atoms with Gasteiger partial charge in [-0.3, -0.25) is 4.79 Å². The molecule has 0 spiro atoms. The number of nitrogens with two attached hydrogens (primary N) is 1. The molecule has 1 saturated carbocycles. The zero-order valence-corrected chi connectivity index (χ0v) is 12.3. The first kappa shape index (κ1) is 13.4. The average molecular weight is 339 g/mol. The third-order valence-corrected chi connectivity index (χ3v) is 4.18. The van der Waals surface area contributed by atoms with E-state index in [1.54, 1.807) is 12.1 Å². The predicted molar refractivity (Wildman–Crippen MR) is 80.6 cm³/mol. The number of halogens is 1. The quantitative estimate of drug-likeness (QED) is 0.681. The molecule has 0 bridgehead atoms. The van der Waals surface area contributed by atoms with Crippen LogP contribution < -0.4 is 16.7 Å². The monoisotopic (exact) mass is 338 g/mol. The summed E-state index contributed by atoms with van der Waals surface area (Å²) in [6, 6.07) is 3.41. The second-order valence-corrected chi connectivity index (χ2v) is 6.06. The summed E-state index contributed by atoms with van der Waals surface area (Å²) < 4.78 is 0.716. The van der Waals surface area contributed by atoms with Crippen molar-refractivity contribution in [2.24, 2.45) is 11.7 Å². The zero-order valence-electron chi connectivity index (χ0n) is 10.7. The number of rotatable bonds is 4. The molecule has 0 saturated heterocycles. The number of aromatic nitrogens is 2. The molecule has 106 valence electrons. The van der Waals surface area contributed by atoms with Crippen molar-refractivity contribution in [2.45, 2.75) is 25.3 Å². The first-order valence-electron chi connectivity index (χ1n) is 6.50. The Labute approximate surface area is 123 Å². The van der Waals surface area contributed by atoms with E-state index in [0.29, 0.717) is 33.5 Å². The number of benzene rings is 1. The number of nitrogens with one attached hydrogen (secondary N) is 3. The van der Waals surface area contributed by atoms with Crippen LogP contribution in [0.2, 0.25) is 0 Å². The molecule has 1 aliphatic carbocycles. The van der Waals surface area contributed by atoms with Gasteiger partial charge in [0.05, 0.1) is 16.7 Å². The van der Waals surface area contributed by atoms with Crippen LogP contribution in [0, 0.1) is 5.92 Å². The Kier molecular flexibility index (Phi) is 3.39. The van der Waals surface area contributed by atoms with E-state index in [-0.39, 0.29) is 17.6 Å². The van der Waals surface area contributed by atoms with Gasteiger partial charge in [0.15, 0.2) is 0 Å². The Morgan fingerprint density at radius 2 is 2.05 bits per heavy atom. The predicted octanol–water partition coefficient (Wildman–Crippen LogP) is 1.68. The highest BCUT2D eigenvalue weighted by molar-refractivity contribution is 9.10. The lowest BCUT2D eigenvalue weighted by atomic mass is 10.1. The molecule has 2 aromatic rings. The van der Waals surface area contributed by atoms with E-state index < -0.39 is 0 Å². The van der Waals surface area contributed by atoms with Crippen LogP contribution in [-0.4, -0.2) is 21.9 Å². The molecule has 5 N–H and O–H groups in total. The van der Waals surface area contributed by atoms with E-state index in [9.17, 15) is 9.59 Å². The molecular formula is C13H15BrN4O2. The summed E-state index contributed by atoms with van der Waals surface area (Å²) in [6.07, 6.45) is 2.56. The van der Waals surface area contributed by atoms with Crippen LogP contribution >= 0.6 is 15.9 Å². The van der Waals surface area contributed by atoms with Crippen LogP contribution in [0.3, 0.4) is 0 Å². The molecule has 3 rings (SSSR count). The van der Waals surface area contributed by atoms with Gasteiger partial charge in [0.2, 0.25) is 5.91 Å². The maximum absolute atomic E-state index is 12.0. The van der Waals surface area contributed by atoms with Gasteiger partial charge in [0.1, 0.15) is 0 Å². The minimum atomic E-state index is -0.272. The average Bonchev–Trinajstić information content (AvgIpc) is 3.14. The van der Waals surface area contributed by atoms with E-state index in [1.165, 1.54) is 0 Å². The number of anilines is 1. The molecule has 1 atom stereocenters. The molecule has 6 nitrogen and oxygen atoms in total. The van der Waals surface area contributed by atoms with E-state index in [1.807, 2.05) is 0 Å². The molecule has 1 heterocycles. The molecule has 0 aliphatic heterocycles. The Morgan fingerprint density at radius 3 is 2.70 bits per heavy atom. The van der Waals surface area contributed by atoms with Crippen molar-refractivity contribution < 1.29 is 4.79 Å². The number of carbonyl (C=O) groups excluding carboxylic acids is 1. The van der Waals surface area contributed by atoms with Gasteiger partial charge in [-0.1, -0.05) is 0 Å². The first-order chi connectivity index (χ1) is 9.52. The van der Waals surface area contributed by atoms with Crippen molar-refractivity contribution in [1.29, 1.82) is 0 Å². The highest BCUT2D eigenvalue weighted by Crippen LogP contribution is 2.33. The zero-order chi connectivity index (χ0) is 14.3. The summed E-state index contributed by atoms with van der Waals surface area (Å²) in [6.45, 7) is 0. The fourth-order valence-electron chi connectivity index (χ4n) is 2.26. The van der Waals surface area contributed by atoms with Crippen LogP contribution in [0.25, 0.3) is 11.0 Å². The number of amides is 1. The lowest BCUT2D eigenvalue weighted by molar-refractivity contribution is -0.116. The maximum atomic E-state index is 12.0. The van der Waals surface area contributed by atoms with Crippen molar-refractivity contribution in [3.05, 3.63) is 27.1 Å². The van der Waals surface area contributed by atoms with Gasteiger partial charge in [0, 0.05) is 16.9 Å². The second-order valence-electron chi connectivity index (χ2n) is 5.21. The Bertz CT molecular complexity index is 717. The topological polar surface area (TPSA) is 104 Å². The Balaban J connectivity index is 1.77. The smallest absolute Gasteiger partial charge is 0.323 e. The largest absolute Gasteiger partial charge is 0.327 e. The number of hydrogen-bond donors (Lipinski definition) is 4. The Morgan fingerprint density at radius 1 is 1.40 bits per heavy atom. The molecule has 1 aromatic heterocycles.